The number of aliphatic imine (C=N–C) groups is 1. The number of nitrogen functional groups attached to an aromatic ring is 1. The summed E-state index contributed by atoms with van der Waals surface area (Å²) in [5.41, 5.74) is 14.6. The van der Waals surface area contributed by atoms with Gasteiger partial charge in [-0.15, -0.1) is 0 Å². The number of aryl methyl sites for hydroxylation is 1. The molecule has 0 fully saturated rings. The van der Waals surface area contributed by atoms with Crippen LogP contribution in [-0.2, 0) is 0 Å². The summed E-state index contributed by atoms with van der Waals surface area (Å²) in [5, 5.41) is 0.980. The summed E-state index contributed by atoms with van der Waals surface area (Å²) in [6.07, 6.45) is 0. The van der Waals surface area contributed by atoms with Crippen molar-refractivity contribution >= 4 is 28.0 Å². The number of pyridine rings is 1. The number of fused-ring (bicyclic) bond motifs is 1. The summed E-state index contributed by atoms with van der Waals surface area (Å²) >= 11 is 0. The van der Waals surface area contributed by atoms with Gasteiger partial charge in [0.15, 0.2) is 0 Å². The van der Waals surface area contributed by atoms with Crippen molar-refractivity contribution in [2.75, 3.05) is 5.73 Å². The molecular weight excluding hydrogens is 330 g/mol. The maximum atomic E-state index is 6.55. The molecule has 0 radical (unpaired) electrons. The molecule has 0 unspecified atom stereocenters. The average Bonchev–Trinajstić information content (AvgIpc) is 2.61. The van der Waals surface area contributed by atoms with E-state index in [2.05, 4.69) is 45.9 Å². The molecule has 1 heterocycles. The molecular formula is C24H29N3. The largest absolute Gasteiger partial charge is 0.398 e. The standard InChI is InChI=1S/C24H29N3/c1-14(2)18-11-9-12-19(15(3)4)24(18)27-17(6)22-16(5)26-21-13-8-7-10-20(21)23(22)25/h7-15H,1-6H3,(H2,25,26). The van der Waals surface area contributed by atoms with Crippen LogP contribution < -0.4 is 5.73 Å². The van der Waals surface area contributed by atoms with E-state index < -0.39 is 0 Å². The van der Waals surface area contributed by atoms with E-state index in [1.807, 2.05) is 38.1 Å². The van der Waals surface area contributed by atoms with E-state index >= 15 is 0 Å². The van der Waals surface area contributed by atoms with Crippen LogP contribution in [0.1, 0.15) is 68.8 Å². The van der Waals surface area contributed by atoms with Crippen LogP contribution in [0.15, 0.2) is 47.5 Å². The highest BCUT2D eigenvalue weighted by atomic mass is 14.8. The van der Waals surface area contributed by atoms with Gasteiger partial charge in [-0.2, -0.15) is 0 Å². The number of aromatic nitrogens is 1. The number of hydrogen-bond donors (Lipinski definition) is 1. The molecule has 27 heavy (non-hydrogen) atoms. The van der Waals surface area contributed by atoms with Gasteiger partial charge in [0, 0.05) is 22.4 Å². The fourth-order valence-electron chi connectivity index (χ4n) is 3.69. The van der Waals surface area contributed by atoms with Crippen LogP contribution in [0.5, 0.6) is 0 Å². The van der Waals surface area contributed by atoms with E-state index in [-0.39, 0.29) is 0 Å². The van der Waals surface area contributed by atoms with Crippen LogP contribution in [0, 0.1) is 6.92 Å². The quantitative estimate of drug-likeness (QED) is 0.540. The summed E-state index contributed by atoms with van der Waals surface area (Å²) in [6.45, 7) is 12.9. The molecule has 2 N–H and O–H groups in total. The van der Waals surface area contributed by atoms with E-state index in [1.165, 1.54) is 11.1 Å². The van der Waals surface area contributed by atoms with Crippen LogP contribution >= 0.6 is 0 Å². The second-order valence-electron chi connectivity index (χ2n) is 7.79. The fourth-order valence-corrected chi connectivity index (χ4v) is 3.69. The number of anilines is 1. The third-order valence-electron chi connectivity index (χ3n) is 5.10. The summed E-state index contributed by atoms with van der Waals surface area (Å²) in [6, 6.07) is 14.5. The van der Waals surface area contributed by atoms with Gasteiger partial charge in [0.2, 0.25) is 0 Å². The van der Waals surface area contributed by atoms with E-state index in [4.69, 9.17) is 15.7 Å². The lowest BCUT2D eigenvalue weighted by Crippen LogP contribution is -2.07. The molecule has 0 aliphatic heterocycles. The molecule has 0 amide bonds. The third kappa shape index (κ3) is 3.59. The Morgan fingerprint density at radius 2 is 1.52 bits per heavy atom. The maximum Gasteiger partial charge on any atom is 0.0726 e. The van der Waals surface area contributed by atoms with Crippen LogP contribution in [0.25, 0.3) is 10.9 Å². The lowest BCUT2D eigenvalue weighted by Gasteiger charge is -2.18. The Labute approximate surface area is 162 Å². The zero-order valence-electron chi connectivity index (χ0n) is 17.2. The molecule has 0 saturated carbocycles. The van der Waals surface area contributed by atoms with Gasteiger partial charge in [-0.25, -0.2) is 0 Å². The van der Waals surface area contributed by atoms with Crippen LogP contribution in [0.2, 0.25) is 0 Å². The minimum absolute atomic E-state index is 0.406. The molecule has 0 aliphatic rings. The van der Waals surface area contributed by atoms with Crippen molar-refractivity contribution < 1.29 is 0 Å². The Kier molecular flexibility index (Phi) is 5.31. The molecule has 2 aromatic carbocycles. The predicted octanol–water partition coefficient (Wildman–Crippen LogP) is 6.51. The number of nitrogens with zero attached hydrogens (tertiary/aromatic N) is 2. The number of rotatable bonds is 4. The smallest absolute Gasteiger partial charge is 0.0726 e. The van der Waals surface area contributed by atoms with E-state index in [1.54, 1.807) is 0 Å². The van der Waals surface area contributed by atoms with Gasteiger partial charge in [0.1, 0.15) is 0 Å². The first-order chi connectivity index (χ1) is 12.8. The minimum atomic E-state index is 0.406. The normalized spacial score (nSPS) is 12.4. The molecule has 3 rings (SSSR count). The monoisotopic (exact) mass is 359 g/mol. The molecule has 1 aromatic heterocycles. The van der Waals surface area contributed by atoms with Gasteiger partial charge in [0.05, 0.1) is 16.9 Å². The maximum absolute atomic E-state index is 6.55. The third-order valence-corrected chi connectivity index (χ3v) is 5.10. The van der Waals surface area contributed by atoms with Crippen molar-refractivity contribution in [3.63, 3.8) is 0 Å². The summed E-state index contributed by atoms with van der Waals surface area (Å²) in [7, 11) is 0. The van der Waals surface area contributed by atoms with Gasteiger partial charge in [-0.05, 0) is 42.9 Å². The van der Waals surface area contributed by atoms with Crippen molar-refractivity contribution in [3.05, 3.63) is 64.8 Å². The zero-order valence-corrected chi connectivity index (χ0v) is 17.2. The SMILES string of the molecule is CC(=Nc1c(C(C)C)cccc1C(C)C)c1c(C)nc2ccccc2c1N. The van der Waals surface area contributed by atoms with Gasteiger partial charge >= 0.3 is 0 Å². The van der Waals surface area contributed by atoms with Crippen LogP contribution in [0.3, 0.4) is 0 Å². The van der Waals surface area contributed by atoms with Crippen molar-refractivity contribution in [2.45, 2.75) is 53.4 Å². The highest BCUT2D eigenvalue weighted by molar-refractivity contribution is 6.10. The summed E-state index contributed by atoms with van der Waals surface area (Å²) in [5.74, 6) is 0.812. The Morgan fingerprint density at radius 1 is 0.926 bits per heavy atom. The van der Waals surface area contributed by atoms with Crippen molar-refractivity contribution in [3.8, 4) is 0 Å². The highest BCUT2D eigenvalue weighted by Gasteiger charge is 2.16. The average molecular weight is 360 g/mol. The lowest BCUT2D eigenvalue weighted by molar-refractivity contribution is 0.834. The Balaban J connectivity index is 2.24. The molecule has 140 valence electrons. The molecule has 3 nitrogen and oxygen atoms in total. The number of nitrogens with two attached hydrogens (primary N) is 1. The Hall–Kier alpha value is -2.68. The molecule has 0 atom stereocenters. The number of para-hydroxylation sites is 2. The molecule has 0 spiro atoms. The van der Waals surface area contributed by atoms with Crippen molar-refractivity contribution in [1.29, 1.82) is 0 Å². The van der Waals surface area contributed by atoms with Crippen molar-refractivity contribution in [1.82, 2.24) is 4.98 Å². The van der Waals surface area contributed by atoms with Crippen LogP contribution in [-0.4, -0.2) is 10.7 Å². The minimum Gasteiger partial charge on any atom is -0.398 e. The van der Waals surface area contributed by atoms with E-state index in [0.717, 1.165) is 39.2 Å². The molecule has 0 aliphatic carbocycles. The lowest BCUT2D eigenvalue weighted by atomic mass is 9.92. The first-order valence-electron chi connectivity index (χ1n) is 9.64. The Morgan fingerprint density at radius 3 is 2.11 bits per heavy atom. The van der Waals surface area contributed by atoms with E-state index in [0.29, 0.717) is 11.8 Å². The van der Waals surface area contributed by atoms with Gasteiger partial charge in [0.25, 0.3) is 0 Å². The summed E-state index contributed by atoms with van der Waals surface area (Å²) < 4.78 is 0. The van der Waals surface area contributed by atoms with Crippen molar-refractivity contribution in [2.24, 2.45) is 4.99 Å². The number of benzene rings is 2. The predicted molar refractivity (Wildman–Crippen MR) is 117 cm³/mol. The second-order valence-corrected chi connectivity index (χ2v) is 7.79. The zero-order chi connectivity index (χ0) is 19.7. The topological polar surface area (TPSA) is 51.3 Å². The summed E-state index contributed by atoms with van der Waals surface area (Å²) in [4.78, 5) is 9.85. The van der Waals surface area contributed by atoms with E-state index in [9.17, 15) is 0 Å². The molecule has 3 aromatic rings. The fraction of sp³-hybridized carbons (Fsp3) is 0.333. The van der Waals surface area contributed by atoms with Crippen LogP contribution in [0.4, 0.5) is 11.4 Å². The van der Waals surface area contributed by atoms with Gasteiger partial charge in [-0.3, -0.25) is 9.98 Å². The molecule has 0 saturated heterocycles. The van der Waals surface area contributed by atoms with Gasteiger partial charge < -0.3 is 5.73 Å². The highest BCUT2D eigenvalue weighted by Crippen LogP contribution is 2.36. The first-order valence-corrected chi connectivity index (χ1v) is 9.64. The Bertz CT molecular complexity index is 987. The molecule has 3 heteroatoms. The molecule has 0 bridgehead atoms. The van der Waals surface area contributed by atoms with Gasteiger partial charge in [-0.1, -0.05) is 64.1 Å². The first kappa shape index (κ1) is 19.1. The second kappa shape index (κ2) is 7.51. The number of hydrogen-bond acceptors (Lipinski definition) is 3.